The van der Waals surface area contributed by atoms with Crippen molar-refractivity contribution in [3.8, 4) is 5.88 Å². The van der Waals surface area contributed by atoms with Gasteiger partial charge < -0.3 is 15.8 Å². The summed E-state index contributed by atoms with van der Waals surface area (Å²) >= 11 is 0. The quantitative estimate of drug-likeness (QED) is 0.875. The van der Waals surface area contributed by atoms with E-state index >= 15 is 0 Å². The zero-order valence-corrected chi connectivity index (χ0v) is 10.2. The van der Waals surface area contributed by atoms with E-state index in [1.807, 2.05) is 6.92 Å². The Morgan fingerprint density at radius 1 is 1.28 bits per heavy atom. The van der Waals surface area contributed by atoms with Crippen molar-refractivity contribution < 1.29 is 9.13 Å². The molecule has 0 amide bonds. The lowest BCUT2D eigenvalue weighted by Crippen LogP contribution is -2.00. The van der Waals surface area contributed by atoms with E-state index in [-0.39, 0.29) is 5.82 Å². The first-order valence-electron chi connectivity index (χ1n) is 5.44. The highest BCUT2D eigenvalue weighted by Crippen LogP contribution is 2.24. The van der Waals surface area contributed by atoms with Gasteiger partial charge in [0, 0.05) is 5.69 Å². The third-order valence-corrected chi connectivity index (χ3v) is 2.53. The fourth-order valence-electron chi connectivity index (χ4n) is 1.59. The van der Waals surface area contributed by atoms with Crippen molar-refractivity contribution in [2.75, 3.05) is 18.2 Å². The standard InChI is InChI=1S/C13H14FN3O/c1-8-7-9(14)3-5-11(8)16-12-6-4-10(15)13(17-12)18-2/h3-7H,15H2,1-2H3,(H,16,17). The molecule has 0 aliphatic rings. The Bertz CT molecular complexity index is 572. The summed E-state index contributed by atoms with van der Waals surface area (Å²) in [6.07, 6.45) is 0. The van der Waals surface area contributed by atoms with Crippen LogP contribution in [0.4, 0.5) is 21.6 Å². The van der Waals surface area contributed by atoms with E-state index in [0.717, 1.165) is 11.3 Å². The van der Waals surface area contributed by atoms with Gasteiger partial charge in [-0.3, -0.25) is 0 Å². The van der Waals surface area contributed by atoms with Gasteiger partial charge in [0.1, 0.15) is 11.6 Å². The first-order chi connectivity index (χ1) is 8.60. The van der Waals surface area contributed by atoms with Gasteiger partial charge in [0.2, 0.25) is 5.88 Å². The van der Waals surface area contributed by atoms with Crippen molar-refractivity contribution in [3.05, 3.63) is 41.7 Å². The van der Waals surface area contributed by atoms with E-state index < -0.39 is 0 Å². The number of hydrogen-bond acceptors (Lipinski definition) is 4. The second-order valence-corrected chi connectivity index (χ2v) is 3.88. The second-order valence-electron chi connectivity index (χ2n) is 3.88. The summed E-state index contributed by atoms with van der Waals surface area (Å²) in [6, 6.07) is 7.95. The van der Waals surface area contributed by atoms with Gasteiger partial charge in [-0.25, -0.2) is 4.39 Å². The van der Waals surface area contributed by atoms with Crippen LogP contribution < -0.4 is 15.8 Å². The van der Waals surface area contributed by atoms with Gasteiger partial charge in [0.25, 0.3) is 0 Å². The molecule has 0 fully saturated rings. The lowest BCUT2D eigenvalue weighted by molar-refractivity contribution is 0.401. The number of ether oxygens (including phenoxy) is 1. The monoisotopic (exact) mass is 247 g/mol. The van der Waals surface area contributed by atoms with Gasteiger partial charge >= 0.3 is 0 Å². The number of aryl methyl sites for hydroxylation is 1. The topological polar surface area (TPSA) is 60.2 Å². The predicted molar refractivity (Wildman–Crippen MR) is 69.6 cm³/mol. The van der Waals surface area contributed by atoms with Crippen LogP contribution in [0.1, 0.15) is 5.56 Å². The van der Waals surface area contributed by atoms with Gasteiger partial charge in [-0.15, -0.1) is 0 Å². The number of halogens is 1. The molecule has 0 aliphatic carbocycles. The highest BCUT2D eigenvalue weighted by molar-refractivity contribution is 5.63. The number of nitrogens with zero attached hydrogens (tertiary/aromatic N) is 1. The van der Waals surface area contributed by atoms with E-state index in [2.05, 4.69) is 10.3 Å². The first kappa shape index (κ1) is 12.2. The summed E-state index contributed by atoms with van der Waals surface area (Å²) < 4.78 is 18.0. The number of anilines is 3. The molecule has 1 aromatic heterocycles. The molecule has 94 valence electrons. The third kappa shape index (κ3) is 2.51. The zero-order valence-electron chi connectivity index (χ0n) is 10.2. The van der Waals surface area contributed by atoms with Crippen LogP contribution in [-0.4, -0.2) is 12.1 Å². The van der Waals surface area contributed by atoms with Crippen molar-refractivity contribution in [1.29, 1.82) is 0 Å². The van der Waals surface area contributed by atoms with Gasteiger partial charge in [-0.05, 0) is 42.8 Å². The van der Waals surface area contributed by atoms with Crippen LogP contribution in [0.5, 0.6) is 5.88 Å². The number of nitrogens with two attached hydrogens (primary N) is 1. The van der Waals surface area contributed by atoms with E-state index in [9.17, 15) is 4.39 Å². The van der Waals surface area contributed by atoms with Crippen LogP contribution in [0.15, 0.2) is 30.3 Å². The minimum Gasteiger partial charge on any atom is -0.479 e. The predicted octanol–water partition coefficient (Wildman–Crippen LogP) is 2.86. The van der Waals surface area contributed by atoms with Crippen molar-refractivity contribution in [2.24, 2.45) is 0 Å². The van der Waals surface area contributed by atoms with Crippen LogP contribution in [0, 0.1) is 12.7 Å². The summed E-state index contributed by atoms with van der Waals surface area (Å²) in [6.45, 7) is 1.82. The van der Waals surface area contributed by atoms with Crippen LogP contribution in [0.3, 0.4) is 0 Å². The number of hydrogen-bond donors (Lipinski definition) is 2. The van der Waals surface area contributed by atoms with E-state index in [4.69, 9.17) is 10.5 Å². The highest BCUT2D eigenvalue weighted by Gasteiger charge is 2.05. The number of rotatable bonds is 3. The molecule has 2 aromatic rings. The van der Waals surface area contributed by atoms with Crippen molar-refractivity contribution in [1.82, 2.24) is 4.98 Å². The van der Waals surface area contributed by atoms with Crippen LogP contribution in [0.25, 0.3) is 0 Å². The summed E-state index contributed by atoms with van der Waals surface area (Å²) in [7, 11) is 1.51. The van der Waals surface area contributed by atoms with Gasteiger partial charge in [-0.2, -0.15) is 4.98 Å². The lowest BCUT2D eigenvalue weighted by atomic mass is 10.2. The summed E-state index contributed by atoms with van der Waals surface area (Å²) in [5.74, 6) is 0.691. The Morgan fingerprint density at radius 2 is 2.06 bits per heavy atom. The molecule has 0 saturated heterocycles. The van der Waals surface area contributed by atoms with E-state index in [1.54, 1.807) is 18.2 Å². The molecule has 18 heavy (non-hydrogen) atoms. The highest BCUT2D eigenvalue weighted by atomic mass is 19.1. The summed E-state index contributed by atoms with van der Waals surface area (Å²) in [4.78, 5) is 4.20. The molecule has 5 heteroatoms. The number of nitrogen functional groups attached to an aromatic ring is 1. The second kappa shape index (κ2) is 4.91. The average Bonchev–Trinajstić information content (AvgIpc) is 2.35. The molecule has 2 rings (SSSR count). The van der Waals surface area contributed by atoms with Crippen LogP contribution in [-0.2, 0) is 0 Å². The number of pyridine rings is 1. The van der Waals surface area contributed by atoms with Gasteiger partial charge in [-0.1, -0.05) is 0 Å². The molecule has 4 nitrogen and oxygen atoms in total. The molecule has 0 aliphatic heterocycles. The minimum atomic E-state index is -0.263. The third-order valence-electron chi connectivity index (χ3n) is 2.53. The number of methoxy groups -OCH3 is 1. The maximum Gasteiger partial charge on any atom is 0.238 e. The summed E-state index contributed by atoms with van der Waals surface area (Å²) in [5.41, 5.74) is 7.74. The maximum atomic E-state index is 13.0. The molecule has 3 N–H and O–H groups in total. The molecular weight excluding hydrogens is 233 g/mol. The number of benzene rings is 1. The SMILES string of the molecule is COc1nc(Nc2ccc(F)cc2C)ccc1N. The molecule has 1 heterocycles. The molecule has 0 unspecified atom stereocenters. The fourth-order valence-corrected chi connectivity index (χ4v) is 1.59. The number of nitrogens with one attached hydrogen (secondary N) is 1. The molecular formula is C13H14FN3O. The normalized spacial score (nSPS) is 10.2. The molecule has 0 saturated carbocycles. The molecule has 0 radical (unpaired) electrons. The maximum absolute atomic E-state index is 13.0. The average molecular weight is 247 g/mol. The largest absolute Gasteiger partial charge is 0.479 e. The van der Waals surface area contributed by atoms with E-state index in [0.29, 0.717) is 17.4 Å². The first-order valence-corrected chi connectivity index (χ1v) is 5.44. The van der Waals surface area contributed by atoms with Crippen LogP contribution in [0.2, 0.25) is 0 Å². The Kier molecular flexibility index (Phi) is 3.32. The fraction of sp³-hybridized carbons (Fsp3) is 0.154. The Labute approximate surface area is 105 Å². The number of aromatic nitrogens is 1. The Morgan fingerprint density at radius 3 is 2.72 bits per heavy atom. The molecule has 1 aromatic carbocycles. The summed E-state index contributed by atoms with van der Waals surface area (Å²) in [5, 5.41) is 3.09. The minimum absolute atomic E-state index is 0.263. The van der Waals surface area contributed by atoms with Crippen molar-refractivity contribution in [2.45, 2.75) is 6.92 Å². The molecule has 0 bridgehead atoms. The smallest absolute Gasteiger partial charge is 0.238 e. The molecule has 0 atom stereocenters. The Balaban J connectivity index is 2.28. The van der Waals surface area contributed by atoms with Crippen molar-refractivity contribution in [3.63, 3.8) is 0 Å². The van der Waals surface area contributed by atoms with Gasteiger partial charge in [0.15, 0.2) is 0 Å². The zero-order chi connectivity index (χ0) is 13.1. The van der Waals surface area contributed by atoms with Gasteiger partial charge in [0.05, 0.1) is 12.8 Å². The molecule has 0 spiro atoms. The Hall–Kier alpha value is -2.30. The lowest BCUT2D eigenvalue weighted by Gasteiger charge is -2.10. The van der Waals surface area contributed by atoms with Crippen molar-refractivity contribution >= 4 is 17.2 Å². The van der Waals surface area contributed by atoms with E-state index in [1.165, 1.54) is 19.2 Å². The van der Waals surface area contributed by atoms with Crippen LogP contribution >= 0.6 is 0 Å².